The van der Waals surface area contributed by atoms with E-state index in [0.29, 0.717) is 10.6 Å². The van der Waals surface area contributed by atoms with Crippen LogP contribution in [0.2, 0.25) is 5.02 Å². The van der Waals surface area contributed by atoms with Crippen molar-refractivity contribution in [2.24, 2.45) is 0 Å². The van der Waals surface area contributed by atoms with E-state index in [-0.39, 0.29) is 30.4 Å². The first-order chi connectivity index (χ1) is 14.0. The number of anilines is 3. The number of benzene rings is 1. The van der Waals surface area contributed by atoms with Gasteiger partial charge in [-0.2, -0.15) is 9.97 Å². The summed E-state index contributed by atoms with van der Waals surface area (Å²) in [6, 6.07) is 7.00. The molecule has 1 unspecified atom stereocenters. The average Bonchev–Trinajstić information content (AvgIpc) is 3.00. The molecule has 0 spiro atoms. The minimum Gasteiger partial charge on any atom is -0.393 e. The molecule has 0 saturated carbocycles. The zero-order valence-electron chi connectivity index (χ0n) is 16.1. The van der Waals surface area contributed by atoms with Crippen LogP contribution in [0.3, 0.4) is 0 Å². The minimum atomic E-state index is -4.08. The van der Waals surface area contributed by atoms with Gasteiger partial charge in [-0.05, 0) is 18.6 Å². The molecule has 8 nitrogen and oxygen atoms in total. The summed E-state index contributed by atoms with van der Waals surface area (Å²) < 4.78 is 52.6. The Hall–Kier alpha value is -2.24. The van der Waals surface area contributed by atoms with Gasteiger partial charge in [-0.25, -0.2) is 17.2 Å². The Labute approximate surface area is 178 Å². The maximum Gasteiger partial charge on any atom is 0.266 e. The molecule has 2 aromatic rings. The molecular weight excluding hydrogens is 440 g/mol. The van der Waals surface area contributed by atoms with E-state index >= 15 is 0 Å². The van der Waals surface area contributed by atoms with Gasteiger partial charge >= 0.3 is 0 Å². The monoisotopic (exact) mass is 461 g/mol. The van der Waals surface area contributed by atoms with Crippen molar-refractivity contribution >= 4 is 38.8 Å². The molecule has 1 fully saturated rings. The van der Waals surface area contributed by atoms with Crippen LogP contribution in [-0.2, 0) is 16.4 Å². The van der Waals surface area contributed by atoms with Crippen LogP contribution in [0.4, 0.5) is 26.1 Å². The third kappa shape index (κ3) is 5.08. The van der Waals surface area contributed by atoms with Crippen molar-refractivity contribution in [3.63, 3.8) is 0 Å². The molecule has 2 heterocycles. The van der Waals surface area contributed by atoms with Gasteiger partial charge in [0.05, 0.1) is 18.4 Å². The van der Waals surface area contributed by atoms with E-state index in [9.17, 15) is 22.3 Å². The molecule has 3 rings (SSSR count). The van der Waals surface area contributed by atoms with Crippen molar-refractivity contribution < 1.29 is 22.3 Å². The lowest BCUT2D eigenvalue weighted by molar-refractivity contribution is 0.0256. The number of hydrogen-bond acceptors (Lipinski definition) is 8. The van der Waals surface area contributed by atoms with E-state index in [0.717, 1.165) is 0 Å². The Morgan fingerprint density at radius 3 is 2.67 bits per heavy atom. The second-order valence-electron chi connectivity index (χ2n) is 7.19. The first-order valence-electron chi connectivity index (χ1n) is 9.17. The number of rotatable bonds is 7. The summed E-state index contributed by atoms with van der Waals surface area (Å²) in [6.45, 7) is 0.821. The molecule has 1 atom stereocenters. The van der Waals surface area contributed by atoms with E-state index < -0.39 is 45.7 Å². The summed E-state index contributed by atoms with van der Waals surface area (Å²) in [5, 5.41) is 12.3. The molecule has 1 aliphatic heterocycles. The van der Waals surface area contributed by atoms with Crippen LogP contribution in [-0.4, -0.2) is 54.4 Å². The fourth-order valence-electron chi connectivity index (χ4n) is 3.08. The normalized spacial score (nSPS) is 17.2. The second-order valence-corrected chi connectivity index (χ2v) is 9.53. The quantitative estimate of drug-likeness (QED) is 0.537. The molecule has 12 heteroatoms. The van der Waals surface area contributed by atoms with Crippen LogP contribution in [0.1, 0.15) is 18.9 Å². The molecule has 1 saturated heterocycles. The van der Waals surface area contributed by atoms with Gasteiger partial charge in [0.15, 0.2) is 11.6 Å². The van der Waals surface area contributed by atoms with Crippen LogP contribution < -0.4 is 16.0 Å². The predicted octanol–water partition coefficient (Wildman–Crippen LogP) is 2.32. The molecule has 0 radical (unpaired) electrons. The summed E-state index contributed by atoms with van der Waals surface area (Å²) in [4.78, 5) is 9.21. The number of halogens is 3. The number of nitrogens with one attached hydrogen (secondary N) is 1. The molecule has 0 aliphatic carbocycles. The number of hydrogen-bond donors (Lipinski definition) is 3. The predicted molar refractivity (Wildman–Crippen MR) is 111 cm³/mol. The average molecular weight is 462 g/mol. The van der Waals surface area contributed by atoms with Crippen LogP contribution in [0.5, 0.6) is 0 Å². The fourth-order valence-corrected chi connectivity index (χ4v) is 4.52. The van der Waals surface area contributed by atoms with Crippen LogP contribution in [0.25, 0.3) is 0 Å². The Bertz CT molecular complexity index is 1040. The number of aliphatic hydroxyl groups excluding tert-OH is 1. The highest BCUT2D eigenvalue weighted by Gasteiger charge is 2.40. The summed E-state index contributed by atoms with van der Waals surface area (Å²) in [5.74, 6) is -3.65. The van der Waals surface area contributed by atoms with E-state index in [1.807, 2.05) is 0 Å². The molecule has 164 valence electrons. The molecule has 1 aromatic heterocycles. The number of nitrogens with zero attached hydrogens (tertiary/aromatic N) is 3. The zero-order chi connectivity index (χ0) is 22.1. The van der Waals surface area contributed by atoms with Gasteiger partial charge in [0, 0.05) is 24.5 Å². The van der Waals surface area contributed by atoms with E-state index in [1.54, 1.807) is 24.3 Å². The molecule has 1 aliphatic rings. The number of aromatic nitrogens is 2. The molecule has 0 bridgehead atoms. The topological polar surface area (TPSA) is 121 Å². The first-order valence-corrected chi connectivity index (χ1v) is 11.2. The molecule has 4 N–H and O–H groups in total. The SMILES string of the molecule is CC(O)CS(=O)(=O)c1nc(NCc2ccccc2Cl)c(N)c(N2CCC(F)(F)C2)n1. The van der Waals surface area contributed by atoms with Crippen molar-refractivity contribution in [1.29, 1.82) is 0 Å². The van der Waals surface area contributed by atoms with Crippen molar-refractivity contribution in [3.05, 3.63) is 34.9 Å². The van der Waals surface area contributed by atoms with Gasteiger partial charge in [-0.15, -0.1) is 0 Å². The van der Waals surface area contributed by atoms with Gasteiger partial charge in [0.25, 0.3) is 11.1 Å². The van der Waals surface area contributed by atoms with E-state index in [1.165, 1.54) is 11.8 Å². The number of nitrogens with two attached hydrogens (primary N) is 1. The van der Waals surface area contributed by atoms with E-state index in [2.05, 4.69) is 15.3 Å². The van der Waals surface area contributed by atoms with Gasteiger partial charge in [-0.1, -0.05) is 29.8 Å². The second kappa shape index (κ2) is 8.48. The third-order valence-electron chi connectivity index (χ3n) is 4.52. The molecular formula is C18H22ClF2N5O3S. The summed E-state index contributed by atoms with van der Waals surface area (Å²) in [6.07, 6.45) is -1.55. The van der Waals surface area contributed by atoms with Crippen molar-refractivity contribution in [1.82, 2.24) is 9.97 Å². The van der Waals surface area contributed by atoms with Crippen LogP contribution in [0.15, 0.2) is 29.4 Å². The lowest BCUT2D eigenvalue weighted by Gasteiger charge is -2.21. The van der Waals surface area contributed by atoms with Crippen LogP contribution >= 0.6 is 11.6 Å². The largest absolute Gasteiger partial charge is 0.393 e. The smallest absolute Gasteiger partial charge is 0.266 e. The summed E-state index contributed by atoms with van der Waals surface area (Å²) in [5.41, 5.74) is 6.78. The number of sulfone groups is 1. The highest BCUT2D eigenvalue weighted by molar-refractivity contribution is 7.91. The molecule has 1 aromatic carbocycles. The van der Waals surface area contributed by atoms with Crippen molar-refractivity contribution in [2.75, 3.05) is 34.8 Å². The van der Waals surface area contributed by atoms with Crippen molar-refractivity contribution in [2.45, 2.75) is 37.1 Å². The molecule has 30 heavy (non-hydrogen) atoms. The zero-order valence-corrected chi connectivity index (χ0v) is 17.7. The van der Waals surface area contributed by atoms with Gasteiger partial charge in [0.2, 0.25) is 9.84 Å². The Morgan fingerprint density at radius 2 is 2.07 bits per heavy atom. The summed E-state index contributed by atoms with van der Waals surface area (Å²) >= 11 is 6.14. The molecule has 0 amide bonds. The first kappa shape index (κ1) is 22.4. The Morgan fingerprint density at radius 1 is 1.37 bits per heavy atom. The Kier molecular flexibility index (Phi) is 6.34. The minimum absolute atomic E-state index is 0.0145. The maximum absolute atomic E-state index is 13.7. The fraction of sp³-hybridized carbons (Fsp3) is 0.444. The highest BCUT2D eigenvalue weighted by Crippen LogP contribution is 2.36. The van der Waals surface area contributed by atoms with Gasteiger partial charge in [0.1, 0.15) is 5.69 Å². The summed E-state index contributed by atoms with van der Waals surface area (Å²) in [7, 11) is -4.08. The van der Waals surface area contributed by atoms with Crippen LogP contribution in [0, 0.1) is 0 Å². The van der Waals surface area contributed by atoms with Gasteiger partial charge < -0.3 is 21.1 Å². The number of nitrogen functional groups attached to an aromatic ring is 1. The van der Waals surface area contributed by atoms with E-state index in [4.69, 9.17) is 17.3 Å². The maximum atomic E-state index is 13.7. The highest BCUT2D eigenvalue weighted by atomic mass is 35.5. The third-order valence-corrected chi connectivity index (χ3v) is 6.55. The lowest BCUT2D eigenvalue weighted by atomic mass is 10.2. The standard InChI is InChI=1S/C18H22ClF2N5O3S/c1-11(27)9-30(28,29)17-24-15(23-8-12-4-2-3-5-13(12)19)14(22)16(25-17)26-7-6-18(20,21)10-26/h2-5,11,27H,6-10,22H2,1H3,(H,23,24,25). The number of aliphatic hydroxyl groups is 1. The van der Waals surface area contributed by atoms with Gasteiger partial charge in [-0.3, -0.25) is 0 Å². The number of alkyl halides is 2. The van der Waals surface area contributed by atoms with Crippen molar-refractivity contribution in [3.8, 4) is 0 Å². The lowest BCUT2D eigenvalue weighted by Crippen LogP contribution is -2.28. The Balaban J connectivity index is 2.01.